The topological polar surface area (TPSA) is 88.6 Å². The largest absolute Gasteiger partial charge is 0.497 e. The van der Waals surface area contributed by atoms with Gasteiger partial charge in [-0.25, -0.2) is 13.4 Å². The Morgan fingerprint density at radius 2 is 1.87 bits per heavy atom. The summed E-state index contributed by atoms with van der Waals surface area (Å²) in [7, 11) is -2.33. The zero-order valence-electron chi connectivity index (χ0n) is 17.0. The van der Waals surface area contributed by atoms with E-state index in [1.165, 1.54) is 15.6 Å². The van der Waals surface area contributed by atoms with Crippen molar-refractivity contribution in [2.75, 3.05) is 23.3 Å². The number of amides is 1. The zero-order chi connectivity index (χ0) is 21.7. The fourth-order valence-electron chi connectivity index (χ4n) is 2.81. The summed E-state index contributed by atoms with van der Waals surface area (Å²) in [5, 5.41) is 4.91. The summed E-state index contributed by atoms with van der Waals surface area (Å²) >= 11 is 1.30. The second kappa shape index (κ2) is 9.27. The Hall–Kier alpha value is -2.91. The van der Waals surface area contributed by atoms with Crippen molar-refractivity contribution in [2.45, 2.75) is 25.2 Å². The number of hydrogen-bond acceptors (Lipinski definition) is 6. The molecule has 3 aromatic rings. The Labute approximate surface area is 180 Å². The van der Waals surface area contributed by atoms with Crippen LogP contribution >= 0.6 is 11.3 Å². The summed E-state index contributed by atoms with van der Waals surface area (Å²) in [5.41, 5.74) is 2.34. The van der Waals surface area contributed by atoms with Gasteiger partial charge in [-0.3, -0.25) is 9.10 Å². The lowest BCUT2D eigenvalue weighted by Gasteiger charge is -2.25. The molecule has 2 aromatic carbocycles. The van der Waals surface area contributed by atoms with Gasteiger partial charge in [-0.1, -0.05) is 6.07 Å². The second-order valence-electron chi connectivity index (χ2n) is 6.66. The van der Waals surface area contributed by atoms with Crippen LogP contribution in [0.4, 0.5) is 10.8 Å². The van der Waals surface area contributed by atoms with Gasteiger partial charge >= 0.3 is 0 Å². The van der Waals surface area contributed by atoms with E-state index in [1.54, 1.807) is 61.2 Å². The van der Waals surface area contributed by atoms with Crippen molar-refractivity contribution in [2.24, 2.45) is 0 Å². The molecular weight excluding hydrogens is 422 g/mol. The van der Waals surface area contributed by atoms with Crippen molar-refractivity contribution in [3.63, 3.8) is 0 Å². The van der Waals surface area contributed by atoms with Crippen LogP contribution < -0.4 is 14.4 Å². The Kier molecular flexibility index (Phi) is 6.73. The number of carbonyl (C=O) groups is 1. The van der Waals surface area contributed by atoms with Gasteiger partial charge in [0, 0.05) is 24.5 Å². The number of rotatable bonds is 8. The smallest absolute Gasteiger partial charge is 0.264 e. The number of methoxy groups -OCH3 is 1. The molecule has 0 bridgehead atoms. The van der Waals surface area contributed by atoms with E-state index in [1.807, 2.05) is 13.8 Å². The molecule has 1 aromatic heterocycles. The molecule has 30 heavy (non-hydrogen) atoms. The van der Waals surface area contributed by atoms with Gasteiger partial charge in [0.25, 0.3) is 10.0 Å². The molecule has 0 spiro atoms. The minimum absolute atomic E-state index is 0.0151. The van der Waals surface area contributed by atoms with Gasteiger partial charge in [-0.2, -0.15) is 0 Å². The number of nitrogens with zero attached hydrogens (tertiary/aromatic N) is 2. The molecule has 0 aliphatic heterocycles. The minimum Gasteiger partial charge on any atom is -0.497 e. The molecule has 0 aliphatic rings. The third kappa shape index (κ3) is 4.98. The standard InChI is InChI=1S/C21H23N3O4S2/c1-15-4-9-19(14-16(15)2)30(26,27)24(17-5-7-18(28-3)8-6-17)12-10-20(25)23-21-22-11-13-29-21/h4-9,11,13-14H,10,12H2,1-3H3,(H,22,23,25). The van der Waals surface area contributed by atoms with Crippen LogP contribution in [-0.2, 0) is 14.8 Å². The first-order valence-corrected chi connectivity index (χ1v) is 11.6. The molecule has 0 radical (unpaired) electrons. The van der Waals surface area contributed by atoms with E-state index >= 15 is 0 Å². The average molecular weight is 446 g/mol. The third-order valence-corrected chi connectivity index (χ3v) is 7.16. The lowest BCUT2D eigenvalue weighted by atomic mass is 10.1. The summed E-state index contributed by atoms with van der Waals surface area (Å²) < 4.78 is 33.3. The van der Waals surface area contributed by atoms with E-state index in [0.717, 1.165) is 11.1 Å². The highest BCUT2D eigenvalue weighted by Crippen LogP contribution is 2.27. The van der Waals surface area contributed by atoms with E-state index in [0.29, 0.717) is 16.6 Å². The number of hydrogen-bond donors (Lipinski definition) is 1. The Bertz CT molecular complexity index is 1110. The maximum Gasteiger partial charge on any atom is 0.264 e. The number of carbonyl (C=O) groups excluding carboxylic acids is 1. The summed E-state index contributed by atoms with van der Waals surface area (Å²) in [6.07, 6.45) is 1.57. The monoisotopic (exact) mass is 445 g/mol. The van der Waals surface area contributed by atoms with Crippen LogP contribution in [0.1, 0.15) is 17.5 Å². The predicted octanol–water partition coefficient (Wildman–Crippen LogP) is 3.99. The van der Waals surface area contributed by atoms with Crippen LogP contribution in [0.25, 0.3) is 0 Å². The first-order valence-electron chi connectivity index (χ1n) is 9.24. The van der Waals surface area contributed by atoms with Crippen molar-refractivity contribution in [1.29, 1.82) is 0 Å². The van der Waals surface area contributed by atoms with Crippen molar-refractivity contribution in [3.05, 3.63) is 65.2 Å². The van der Waals surface area contributed by atoms with Crippen molar-refractivity contribution < 1.29 is 17.9 Å². The number of aromatic nitrogens is 1. The van der Waals surface area contributed by atoms with Crippen LogP contribution in [0.2, 0.25) is 0 Å². The van der Waals surface area contributed by atoms with Crippen LogP contribution in [-0.4, -0.2) is 33.0 Å². The zero-order valence-corrected chi connectivity index (χ0v) is 18.6. The lowest BCUT2D eigenvalue weighted by molar-refractivity contribution is -0.116. The van der Waals surface area contributed by atoms with Gasteiger partial charge in [-0.15, -0.1) is 11.3 Å². The van der Waals surface area contributed by atoms with Crippen molar-refractivity contribution >= 4 is 38.1 Å². The Morgan fingerprint density at radius 1 is 1.13 bits per heavy atom. The van der Waals surface area contributed by atoms with E-state index in [2.05, 4.69) is 10.3 Å². The molecule has 1 heterocycles. The van der Waals surface area contributed by atoms with E-state index in [-0.39, 0.29) is 23.8 Å². The molecule has 7 nitrogen and oxygen atoms in total. The highest BCUT2D eigenvalue weighted by atomic mass is 32.2. The number of sulfonamides is 1. The second-order valence-corrected chi connectivity index (χ2v) is 9.41. The van der Waals surface area contributed by atoms with Gasteiger partial charge in [0.2, 0.25) is 5.91 Å². The van der Waals surface area contributed by atoms with Gasteiger partial charge in [0.1, 0.15) is 5.75 Å². The molecule has 1 N–H and O–H groups in total. The number of ether oxygens (including phenoxy) is 1. The molecular formula is C21H23N3O4S2. The van der Waals surface area contributed by atoms with Crippen LogP contribution in [0, 0.1) is 13.8 Å². The molecule has 0 aliphatic carbocycles. The van der Waals surface area contributed by atoms with Crippen LogP contribution in [0.3, 0.4) is 0 Å². The van der Waals surface area contributed by atoms with Gasteiger partial charge < -0.3 is 10.1 Å². The molecule has 1 amide bonds. The number of benzene rings is 2. The van der Waals surface area contributed by atoms with Gasteiger partial charge in [0.15, 0.2) is 5.13 Å². The number of thiazole rings is 1. The number of aryl methyl sites for hydroxylation is 2. The first-order chi connectivity index (χ1) is 14.3. The highest BCUT2D eigenvalue weighted by molar-refractivity contribution is 7.92. The number of nitrogens with one attached hydrogen (secondary N) is 1. The van der Waals surface area contributed by atoms with E-state index < -0.39 is 10.0 Å². The minimum atomic E-state index is -3.87. The summed E-state index contributed by atoms with van der Waals surface area (Å²) in [6.45, 7) is 3.78. The number of anilines is 2. The molecule has 0 fully saturated rings. The fraction of sp³-hybridized carbons (Fsp3) is 0.238. The Morgan fingerprint density at radius 3 is 2.47 bits per heavy atom. The fourth-order valence-corrected chi connectivity index (χ4v) is 4.90. The normalized spacial score (nSPS) is 11.2. The lowest BCUT2D eigenvalue weighted by Crippen LogP contribution is -2.34. The molecule has 0 atom stereocenters. The maximum atomic E-state index is 13.4. The first kappa shape index (κ1) is 21.8. The predicted molar refractivity (Wildman–Crippen MR) is 119 cm³/mol. The quantitative estimate of drug-likeness (QED) is 0.566. The maximum absolute atomic E-state index is 13.4. The molecule has 158 valence electrons. The van der Waals surface area contributed by atoms with E-state index in [4.69, 9.17) is 4.74 Å². The molecule has 3 rings (SSSR count). The summed E-state index contributed by atoms with van der Waals surface area (Å²) in [6, 6.07) is 11.7. The van der Waals surface area contributed by atoms with Gasteiger partial charge in [-0.05, 0) is 61.4 Å². The Balaban J connectivity index is 1.89. The van der Waals surface area contributed by atoms with Crippen LogP contribution in [0.5, 0.6) is 5.75 Å². The molecule has 9 heteroatoms. The summed E-state index contributed by atoms with van der Waals surface area (Å²) in [5.74, 6) is 0.308. The van der Waals surface area contributed by atoms with Crippen LogP contribution in [0.15, 0.2) is 58.9 Å². The van der Waals surface area contributed by atoms with Gasteiger partial charge in [0.05, 0.1) is 17.7 Å². The molecule has 0 saturated heterocycles. The average Bonchev–Trinajstić information content (AvgIpc) is 3.23. The molecule has 0 saturated carbocycles. The SMILES string of the molecule is COc1ccc(N(CCC(=O)Nc2nccs2)S(=O)(=O)c2ccc(C)c(C)c2)cc1. The summed E-state index contributed by atoms with van der Waals surface area (Å²) in [4.78, 5) is 16.5. The molecule has 0 unspecified atom stereocenters. The van der Waals surface area contributed by atoms with Crippen molar-refractivity contribution in [3.8, 4) is 5.75 Å². The highest BCUT2D eigenvalue weighted by Gasteiger charge is 2.26. The third-order valence-electron chi connectivity index (χ3n) is 4.65. The van der Waals surface area contributed by atoms with E-state index in [9.17, 15) is 13.2 Å². The van der Waals surface area contributed by atoms with Crippen molar-refractivity contribution in [1.82, 2.24) is 4.98 Å².